The van der Waals surface area contributed by atoms with Crippen LogP contribution in [0.25, 0.3) is 0 Å². The van der Waals surface area contributed by atoms with E-state index in [1.165, 1.54) is 0 Å². The molecule has 1 unspecified atom stereocenters. The quantitative estimate of drug-likeness (QED) is 0.830. The van der Waals surface area contributed by atoms with Crippen molar-refractivity contribution in [1.82, 2.24) is 10.6 Å². The summed E-state index contributed by atoms with van der Waals surface area (Å²) >= 11 is 0. The summed E-state index contributed by atoms with van der Waals surface area (Å²) < 4.78 is 0. The third-order valence-electron chi connectivity index (χ3n) is 3.12. The summed E-state index contributed by atoms with van der Waals surface area (Å²) in [6.07, 6.45) is 5.07. The molecule has 0 aliphatic carbocycles. The van der Waals surface area contributed by atoms with E-state index < -0.39 is 6.04 Å². The molecule has 0 spiro atoms. The maximum atomic E-state index is 12.1. The van der Waals surface area contributed by atoms with E-state index >= 15 is 0 Å². The molecule has 1 aromatic rings. The SMILES string of the molecule is C#CCNC(=O)C(C)NC(=O)c1ccc(C(C)(C)C)cc1. The average Bonchev–Trinajstić information content (AvgIpc) is 2.43. The molecular weight excluding hydrogens is 264 g/mol. The Morgan fingerprint density at radius 2 is 1.81 bits per heavy atom. The zero-order chi connectivity index (χ0) is 16.0. The van der Waals surface area contributed by atoms with E-state index in [1.54, 1.807) is 19.1 Å². The fraction of sp³-hybridized carbons (Fsp3) is 0.412. The normalized spacial score (nSPS) is 12.1. The largest absolute Gasteiger partial charge is 0.343 e. The average molecular weight is 286 g/mol. The number of hydrogen-bond donors (Lipinski definition) is 2. The zero-order valence-electron chi connectivity index (χ0n) is 13.0. The molecular formula is C17H22N2O2. The fourth-order valence-corrected chi connectivity index (χ4v) is 1.76. The lowest BCUT2D eigenvalue weighted by atomic mass is 9.86. The van der Waals surface area contributed by atoms with Crippen molar-refractivity contribution in [2.45, 2.75) is 39.2 Å². The minimum absolute atomic E-state index is 0.0391. The smallest absolute Gasteiger partial charge is 0.251 e. The van der Waals surface area contributed by atoms with Gasteiger partial charge in [-0.1, -0.05) is 38.8 Å². The molecule has 0 saturated heterocycles. The lowest BCUT2D eigenvalue weighted by Crippen LogP contribution is -2.44. The van der Waals surface area contributed by atoms with Crippen molar-refractivity contribution in [3.63, 3.8) is 0 Å². The molecule has 2 N–H and O–H groups in total. The number of amides is 2. The Morgan fingerprint density at radius 3 is 2.29 bits per heavy atom. The first-order chi connectivity index (χ1) is 9.75. The Morgan fingerprint density at radius 1 is 1.24 bits per heavy atom. The van der Waals surface area contributed by atoms with Crippen LogP contribution in [-0.2, 0) is 10.2 Å². The summed E-state index contributed by atoms with van der Waals surface area (Å²) in [5.41, 5.74) is 1.72. The second-order valence-electron chi connectivity index (χ2n) is 5.94. The van der Waals surface area contributed by atoms with E-state index in [-0.39, 0.29) is 23.8 Å². The van der Waals surface area contributed by atoms with Crippen molar-refractivity contribution in [2.24, 2.45) is 0 Å². The molecule has 0 heterocycles. The predicted octanol–water partition coefficient (Wildman–Crippen LogP) is 1.85. The highest BCUT2D eigenvalue weighted by Gasteiger charge is 2.17. The number of carbonyl (C=O) groups is 2. The van der Waals surface area contributed by atoms with Gasteiger partial charge in [0.2, 0.25) is 5.91 Å². The Labute approximate surface area is 126 Å². The van der Waals surface area contributed by atoms with Gasteiger partial charge in [0.1, 0.15) is 6.04 Å². The van der Waals surface area contributed by atoms with Gasteiger partial charge in [-0.25, -0.2) is 0 Å². The molecule has 0 aliphatic heterocycles. The van der Waals surface area contributed by atoms with Crippen molar-refractivity contribution >= 4 is 11.8 Å². The van der Waals surface area contributed by atoms with Crippen LogP contribution in [0.2, 0.25) is 0 Å². The van der Waals surface area contributed by atoms with Gasteiger partial charge in [0.05, 0.1) is 6.54 Å². The first-order valence-electron chi connectivity index (χ1n) is 6.88. The van der Waals surface area contributed by atoms with Crippen LogP contribution in [0.1, 0.15) is 43.6 Å². The van der Waals surface area contributed by atoms with Gasteiger partial charge >= 0.3 is 0 Å². The summed E-state index contributed by atoms with van der Waals surface area (Å²) in [7, 11) is 0. The molecule has 112 valence electrons. The van der Waals surface area contributed by atoms with Gasteiger partial charge in [-0.3, -0.25) is 9.59 Å². The second kappa shape index (κ2) is 6.94. The molecule has 2 amide bonds. The van der Waals surface area contributed by atoms with Gasteiger partial charge in [-0.15, -0.1) is 6.42 Å². The number of rotatable bonds is 4. The number of benzene rings is 1. The predicted molar refractivity (Wildman–Crippen MR) is 83.9 cm³/mol. The molecule has 0 bridgehead atoms. The molecule has 0 aliphatic rings. The van der Waals surface area contributed by atoms with Gasteiger partial charge in [0, 0.05) is 5.56 Å². The first-order valence-corrected chi connectivity index (χ1v) is 6.88. The van der Waals surface area contributed by atoms with Crippen LogP contribution >= 0.6 is 0 Å². The van der Waals surface area contributed by atoms with Crippen molar-refractivity contribution in [2.75, 3.05) is 6.54 Å². The third-order valence-corrected chi connectivity index (χ3v) is 3.12. The highest BCUT2D eigenvalue weighted by Crippen LogP contribution is 2.22. The van der Waals surface area contributed by atoms with Gasteiger partial charge in [0.15, 0.2) is 0 Å². The second-order valence-corrected chi connectivity index (χ2v) is 5.94. The molecule has 1 atom stereocenters. The van der Waals surface area contributed by atoms with E-state index in [0.29, 0.717) is 5.56 Å². The number of carbonyl (C=O) groups excluding carboxylic acids is 2. The van der Waals surface area contributed by atoms with Gasteiger partial charge in [-0.2, -0.15) is 0 Å². The highest BCUT2D eigenvalue weighted by atomic mass is 16.2. The molecule has 1 rings (SSSR count). The maximum Gasteiger partial charge on any atom is 0.251 e. The van der Waals surface area contributed by atoms with Crippen LogP contribution in [0.4, 0.5) is 0 Å². The lowest BCUT2D eigenvalue weighted by Gasteiger charge is -2.19. The minimum Gasteiger partial charge on any atom is -0.343 e. The van der Waals surface area contributed by atoms with Crippen LogP contribution in [-0.4, -0.2) is 24.4 Å². The number of hydrogen-bond acceptors (Lipinski definition) is 2. The summed E-state index contributed by atoms with van der Waals surface area (Å²) in [5, 5.41) is 5.17. The molecule has 21 heavy (non-hydrogen) atoms. The van der Waals surface area contributed by atoms with Crippen LogP contribution in [0.5, 0.6) is 0 Å². The van der Waals surface area contributed by atoms with E-state index in [0.717, 1.165) is 5.56 Å². The summed E-state index contributed by atoms with van der Waals surface area (Å²) in [4.78, 5) is 23.7. The van der Waals surface area contributed by atoms with Crippen molar-refractivity contribution in [3.05, 3.63) is 35.4 Å². The Hall–Kier alpha value is -2.28. The van der Waals surface area contributed by atoms with E-state index in [1.807, 2.05) is 12.1 Å². The molecule has 0 aromatic heterocycles. The Kier molecular flexibility index (Phi) is 5.54. The molecule has 1 aromatic carbocycles. The number of nitrogens with one attached hydrogen (secondary N) is 2. The topological polar surface area (TPSA) is 58.2 Å². The zero-order valence-corrected chi connectivity index (χ0v) is 13.0. The molecule has 4 heteroatoms. The van der Waals surface area contributed by atoms with Crippen LogP contribution in [0, 0.1) is 12.3 Å². The van der Waals surface area contributed by atoms with Crippen LogP contribution < -0.4 is 10.6 Å². The lowest BCUT2D eigenvalue weighted by molar-refractivity contribution is -0.122. The molecule has 0 fully saturated rings. The molecule has 4 nitrogen and oxygen atoms in total. The fourth-order valence-electron chi connectivity index (χ4n) is 1.76. The van der Waals surface area contributed by atoms with Gasteiger partial charge in [0.25, 0.3) is 5.91 Å². The molecule has 0 saturated carbocycles. The van der Waals surface area contributed by atoms with Crippen molar-refractivity contribution in [1.29, 1.82) is 0 Å². The van der Waals surface area contributed by atoms with Crippen molar-refractivity contribution < 1.29 is 9.59 Å². The third kappa shape index (κ3) is 4.96. The maximum absolute atomic E-state index is 12.1. The van der Waals surface area contributed by atoms with Gasteiger partial charge in [-0.05, 0) is 30.0 Å². The summed E-state index contributed by atoms with van der Waals surface area (Å²) in [6, 6.07) is 6.76. The monoisotopic (exact) mass is 286 g/mol. The van der Waals surface area contributed by atoms with E-state index in [2.05, 4.69) is 37.3 Å². The van der Waals surface area contributed by atoms with Crippen LogP contribution in [0.3, 0.4) is 0 Å². The first kappa shape index (κ1) is 16.8. The Bertz CT molecular complexity index is 548. The summed E-state index contributed by atoms with van der Waals surface area (Å²) in [5.74, 6) is 1.74. The Balaban J connectivity index is 2.68. The standard InChI is InChI=1S/C17H22N2O2/c1-6-11-18-15(20)12(2)19-16(21)13-7-9-14(10-8-13)17(3,4)5/h1,7-10,12H,11H2,2-5H3,(H,18,20)(H,19,21). The minimum atomic E-state index is -0.631. The number of terminal acetylenes is 1. The van der Waals surface area contributed by atoms with Gasteiger partial charge < -0.3 is 10.6 Å². The molecule has 0 radical (unpaired) electrons. The van der Waals surface area contributed by atoms with E-state index in [4.69, 9.17) is 6.42 Å². The van der Waals surface area contributed by atoms with Crippen molar-refractivity contribution in [3.8, 4) is 12.3 Å². The highest BCUT2D eigenvalue weighted by molar-refractivity contribution is 5.97. The van der Waals surface area contributed by atoms with E-state index in [9.17, 15) is 9.59 Å². The van der Waals surface area contributed by atoms with Crippen LogP contribution in [0.15, 0.2) is 24.3 Å². The summed E-state index contributed by atoms with van der Waals surface area (Å²) in [6.45, 7) is 8.10.